The molecule has 0 aromatic heterocycles. The van der Waals surface area contributed by atoms with Gasteiger partial charge < -0.3 is 5.21 Å². The summed E-state index contributed by atoms with van der Waals surface area (Å²) in [6, 6.07) is 1.00. The number of halogens is 3. The van der Waals surface area contributed by atoms with E-state index in [1.807, 2.05) is 0 Å². The first-order valence-corrected chi connectivity index (χ1v) is 3.60. The molecule has 1 rings (SSSR count). The van der Waals surface area contributed by atoms with Crippen LogP contribution in [0, 0.1) is 17.5 Å². The average molecular weight is 191 g/mol. The molecule has 0 spiro atoms. The second-order valence-electron chi connectivity index (χ2n) is 2.65. The van der Waals surface area contributed by atoms with Gasteiger partial charge in [-0.2, -0.15) is 5.48 Å². The molecule has 0 saturated heterocycles. The number of rotatable bonds is 2. The van der Waals surface area contributed by atoms with Crippen LogP contribution in [-0.4, -0.2) is 5.21 Å². The summed E-state index contributed by atoms with van der Waals surface area (Å²) in [5.74, 6) is -4.04. The molecule has 0 bridgehead atoms. The molecular weight excluding hydrogens is 183 g/mol. The normalized spacial score (nSPS) is 13.0. The second-order valence-corrected chi connectivity index (χ2v) is 2.65. The minimum absolute atomic E-state index is 0.138. The smallest absolute Gasteiger partial charge is 0.194 e. The van der Waals surface area contributed by atoms with Crippen LogP contribution in [0.4, 0.5) is 13.2 Å². The topological polar surface area (TPSA) is 32.3 Å². The SMILES string of the molecule is C[C@@H](NO)c1cc(F)c(F)c(F)c1. The predicted molar refractivity (Wildman–Crippen MR) is 39.7 cm³/mol. The summed E-state index contributed by atoms with van der Waals surface area (Å²) in [6.07, 6.45) is 0. The van der Waals surface area contributed by atoms with Crippen LogP contribution in [0.5, 0.6) is 0 Å². The fourth-order valence-electron chi connectivity index (χ4n) is 0.900. The maximum absolute atomic E-state index is 12.6. The van der Waals surface area contributed by atoms with Gasteiger partial charge in [-0.05, 0) is 24.6 Å². The second kappa shape index (κ2) is 3.76. The average Bonchev–Trinajstić information content (AvgIpc) is 2.12. The molecule has 1 atom stereocenters. The molecule has 2 nitrogen and oxygen atoms in total. The van der Waals surface area contributed by atoms with Gasteiger partial charge in [0.1, 0.15) is 0 Å². The number of hydroxylamine groups is 1. The van der Waals surface area contributed by atoms with Crippen molar-refractivity contribution in [2.45, 2.75) is 13.0 Å². The number of hydrogen-bond donors (Lipinski definition) is 2. The van der Waals surface area contributed by atoms with E-state index >= 15 is 0 Å². The largest absolute Gasteiger partial charge is 0.316 e. The number of nitrogens with one attached hydrogen (secondary N) is 1. The summed E-state index contributed by atoms with van der Waals surface area (Å²) in [5, 5.41) is 8.45. The summed E-state index contributed by atoms with van der Waals surface area (Å²) < 4.78 is 37.7. The van der Waals surface area contributed by atoms with E-state index in [9.17, 15) is 13.2 Å². The van der Waals surface area contributed by atoms with Crippen LogP contribution in [0.25, 0.3) is 0 Å². The van der Waals surface area contributed by atoms with Crippen molar-refractivity contribution in [3.8, 4) is 0 Å². The Kier molecular flexibility index (Phi) is 2.90. The van der Waals surface area contributed by atoms with E-state index in [-0.39, 0.29) is 5.56 Å². The summed E-state index contributed by atoms with van der Waals surface area (Å²) in [6.45, 7) is 1.48. The van der Waals surface area contributed by atoms with Gasteiger partial charge in [0.25, 0.3) is 0 Å². The van der Waals surface area contributed by atoms with E-state index in [0.29, 0.717) is 0 Å². The standard InChI is InChI=1S/C8H8F3NO/c1-4(12-13)5-2-6(9)8(11)7(10)3-5/h2-4,12-13H,1H3/t4-/m1/s1. The number of hydrogen-bond acceptors (Lipinski definition) is 2. The van der Waals surface area contributed by atoms with Crippen LogP contribution in [0.15, 0.2) is 12.1 Å². The van der Waals surface area contributed by atoms with Crippen molar-refractivity contribution in [3.63, 3.8) is 0 Å². The lowest BCUT2D eigenvalue weighted by Crippen LogP contribution is -2.14. The lowest BCUT2D eigenvalue weighted by atomic mass is 10.1. The molecule has 2 N–H and O–H groups in total. The molecule has 0 aliphatic carbocycles. The lowest BCUT2D eigenvalue weighted by molar-refractivity contribution is 0.133. The molecule has 0 amide bonds. The first-order chi connectivity index (χ1) is 6.06. The Bertz CT molecular complexity index is 293. The van der Waals surface area contributed by atoms with Gasteiger partial charge in [0.15, 0.2) is 17.5 Å². The fourth-order valence-corrected chi connectivity index (χ4v) is 0.900. The van der Waals surface area contributed by atoms with Gasteiger partial charge in [-0.25, -0.2) is 13.2 Å². The summed E-state index contributed by atoms with van der Waals surface area (Å²) in [5.41, 5.74) is 1.94. The molecule has 13 heavy (non-hydrogen) atoms. The molecule has 1 aromatic carbocycles. The molecule has 0 aliphatic heterocycles. The van der Waals surface area contributed by atoms with Crippen LogP contribution < -0.4 is 5.48 Å². The van der Waals surface area contributed by atoms with Gasteiger partial charge in [0, 0.05) is 0 Å². The fraction of sp³-hybridized carbons (Fsp3) is 0.250. The molecular formula is C8H8F3NO. The minimum atomic E-state index is -1.51. The Morgan fingerprint density at radius 2 is 1.69 bits per heavy atom. The van der Waals surface area contributed by atoms with Crippen LogP contribution in [0.1, 0.15) is 18.5 Å². The molecule has 0 heterocycles. The highest BCUT2D eigenvalue weighted by atomic mass is 19.2. The molecule has 0 fully saturated rings. The molecule has 0 radical (unpaired) electrons. The Hall–Kier alpha value is -1.07. The maximum Gasteiger partial charge on any atom is 0.194 e. The van der Waals surface area contributed by atoms with E-state index in [4.69, 9.17) is 5.21 Å². The van der Waals surface area contributed by atoms with E-state index < -0.39 is 23.5 Å². The predicted octanol–water partition coefficient (Wildman–Crippen LogP) is 2.14. The highest BCUT2D eigenvalue weighted by Gasteiger charge is 2.13. The Morgan fingerprint density at radius 1 is 1.23 bits per heavy atom. The zero-order valence-corrected chi connectivity index (χ0v) is 6.81. The van der Waals surface area contributed by atoms with E-state index in [2.05, 4.69) is 0 Å². The summed E-state index contributed by atoms with van der Waals surface area (Å²) in [7, 11) is 0. The minimum Gasteiger partial charge on any atom is -0.316 e. The molecule has 1 aromatic rings. The Labute approximate surface area is 73.0 Å². The first kappa shape index (κ1) is 10.0. The van der Waals surface area contributed by atoms with Gasteiger partial charge in [-0.15, -0.1) is 0 Å². The van der Waals surface area contributed by atoms with Crippen molar-refractivity contribution in [3.05, 3.63) is 35.1 Å². The van der Waals surface area contributed by atoms with E-state index in [1.165, 1.54) is 6.92 Å². The quantitative estimate of drug-likeness (QED) is 0.554. The van der Waals surface area contributed by atoms with E-state index in [0.717, 1.165) is 12.1 Å². The zero-order chi connectivity index (χ0) is 10.0. The van der Waals surface area contributed by atoms with Crippen LogP contribution in [-0.2, 0) is 0 Å². The highest BCUT2D eigenvalue weighted by molar-refractivity contribution is 5.21. The molecule has 0 unspecified atom stereocenters. The third kappa shape index (κ3) is 1.99. The van der Waals surface area contributed by atoms with Gasteiger partial charge >= 0.3 is 0 Å². The summed E-state index contributed by atoms with van der Waals surface area (Å²) >= 11 is 0. The van der Waals surface area contributed by atoms with Crippen molar-refractivity contribution in [2.24, 2.45) is 0 Å². The van der Waals surface area contributed by atoms with Crippen molar-refractivity contribution in [1.82, 2.24) is 5.48 Å². The lowest BCUT2D eigenvalue weighted by Gasteiger charge is -2.09. The van der Waals surface area contributed by atoms with Crippen molar-refractivity contribution in [1.29, 1.82) is 0 Å². The summed E-state index contributed by atoms with van der Waals surface area (Å²) in [4.78, 5) is 0. The van der Waals surface area contributed by atoms with Gasteiger partial charge in [0.2, 0.25) is 0 Å². The molecule has 0 saturated carbocycles. The number of benzene rings is 1. The molecule has 72 valence electrons. The van der Waals surface area contributed by atoms with E-state index in [1.54, 1.807) is 5.48 Å². The van der Waals surface area contributed by atoms with Gasteiger partial charge in [0.05, 0.1) is 6.04 Å². The third-order valence-electron chi connectivity index (χ3n) is 1.70. The zero-order valence-electron chi connectivity index (χ0n) is 6.81. The van der Waals surface area contributed by atoms with Crippen molar-refractivity contribution in [2.75, 3.05) is 0 Å². The van der Waals surface area contributed by atoms with Crippen molar-refractivity contribution >= 4 is 0 Å². The first-order valence-electron chi connectivity index (χ1n) is 3.60. The van der Waals surface area contributed by atoms with Crippen molar-refractivity contribution < 1.29 is 18.4 Å². The highest BCUT2D eigenvalue weighted by Crippen LogP contribution is 2.18. The van der Waals surface area contributed by atoms with Gasteiger partial charge in [-0.1, -0.05) is 0 Å². The third-order valence-corrected chi connectivity index (χ3v) is 1.70. The monoisotopic (exact) mass is 191 g/mol. The Morgan fingerprint density at radius 3 is 2.08 bits per heavy atom. The van der Waals surface area contributed by atoms with Crippen LogP contribution in [0.3, 0.4) is 0 Å². The van der Waals surface area contributed by atoms with Crippen LogP contribution in [0.2, 0.25) is 0 Å². The molecule has 5 heteroatoms. The Balaban J connectivity index is 3.13. The molecule has 0 aliphatic rings. The van der Waals surface area contributed by atoms with Gasteiger partial charge in [-0.3, -0.25) is 0 Å². The maximum atomic E-state index is 12.6. The van der Waals surface area contributed by atoms with Crippen LogP contribution >= 0.6 is 0 Å².